The van der Waals surface area contributed by atoms with Gasteiger partial charge < -0.3 is 10.5 Å². The Morgan fingerprint density at radius 3 is 2.90 bits per heavy atom. The molecule has 1 unspecified atom stereocenters. The largest absolute Gasteiger partial charge is 0.489 e. The van der Waals surface area contributed by atoms with Crippen LogP contribution in [0.25, 0.3) is 11.1 Å². The minimum absolute atomic E-state index is 0.203. The van der Waals surface area contributed by atoms with Crippen LogP contribution < -0.4 is 10.5 Å². The number of rotatable bonds is 3. The molecule has 0 amide bonds. The predicted molar refractivity (Wildman–Crippen MR) is 83.4 cm³/mol. The van der Waals surface area contributed by atoms with Crippen LogP contribution in [0.1, 0.15) is 17.5 Å². The first-order valence-corrected chi connectivity index (χ1v) is 7.31. The Kier molecular flexibility index (Phi) is 3.68. The van der Waals surface area contributed by atoms with Crippen molar-refractivity contribution in [2.24, 2.45) is 5.73 Å². The van der Waals surface area contributed by atoms with Crippen LogP contribution in [0.3, 0.4) is 0 Å². The molecular formula is C17H18ClNO. The topological polar surface area (TPSA) is 35.2 Å². The predicted octanol–water partition coefficient (Wildman–Crippen LogP) is 3.97. The van der Waals surface area contributed by atoms with Gasteiger partial charge in [0.25, 0.3) is 0 Å². The van der Waals surface area contributed by atoms with Crippen molar-refractivity contribution in [1.82, 2.24) is 0 Å². The smallest absolute Gasteiger partial charge is 0.130 e. The van der Waals surface area contributed by atoms with E-state index in [2.05, 4.69) is 25.1 Å². The minimum atomic E-state index is 0.203. The van der Waals surface area contributed by atoms with E-state index in [1.165, 1.54) is 11.1 Å². The standard InChI is InChI=1S/C17H18ClNO/c1-11-7-13-10-15(5-6-19)20-17(13)16(8-11)12-3-2-4-14(18)9-12/h2-4,7-9,15H,5-6,10,19H2,1H3. The molecule has 0 aliphatic carbocycles. The lowest BCUT2D eigenvalue weighted by Crippen LogP contribution is -2.17. The molecule has 3 heteroatoms. The highest BCUT2D eigenvalue weighted by atomic mass is 35.5. The fraction of sp³-hybridized carbons (Fsp3) is 0.294. The molecule has 104 valence electrons. The Balaban J connectivity index is 2.05. The second kappa shape index (κ2) is 5.47. The number of halogens is 1. The van der Waals surface area contributed by atoms with Crippen molar-refractivity contribution in [2.75, 3.05) is 6.54 Å². The fourth-order valence-electron chi connectivity index (χ4n) is 2.81. The molecule has 1 atom stereocenters. The van der Waals surface area contributed by atoms with Gasteiger partial charge in [-0.3, -0.25) is 0 Å². The summed E-state index contributed by atoms with van der Waals surface area (Å²) in [6.45, 7) is 2.77. The molecule has 0 bridgehead atoms. The molecule has 20 heavy (non-hydrogen) atoms. The summed E-state index contributed by atoms with van der Waals surface area (Å²) in [5, 5.41) is 0.745. The Hall–Kier alpha value is -1.51. The van der Waals surface area contributed by atoms with Gasteiger partial charge >= 0.3 is 0 Å². The zero-order valence-electron chi connectivity index (χ0n) is 11.5. The molecule has 2 aromatic carbocycles. The van der Waals surface area contributed by atoms with E-state index in [1.807, 2.05) is 18.2 Å². The molecule has 0 saturated carbocycles. The summed E-state index contributed by atoms with van der Waals surface area (Å²) in [6, 6.07) is 12.3. The minimum Gasteiger partial charge on any atom is -0.489 e. The normalized spacial score (nSPS) is 16.9. The van der Waals surface area contributed by atoms with Crippen LogP contribution in [0.4, 0.5) is 0 Å². The van der Waals surface area contributed by atoms with Crippen molar-refractivity contribution in [1.29, 1.82) is 0 Å². The summed E-state index contributed by atoms with van der Waals surface area (Å²) in [7, 11) is 0. The zero-order chi connectivity index (χ0) is 14.1. The number of benzene rings is 2. The van der Waals surface area contributed by atoms with E-state index in [4.69, 9.17) is 22.1 Å². The fourth-order valence-corrected chi connectivity index (χ4v) is 3.00. The summed E-state index contributed by atoms with van der Waals surface area (Å²) >= 11 is 6.11. The summed E-state index contributed by atoms with van der Waals surface area (Å²) in [5.41, 5.74) is 10.4. The van der Waals surface area contributed by atoms with Crippen molar-refractivity contribution in [2.45, 2.75) is 25.9 Å². The van der Waals surface area contributed by atoms with Crippen LogP contribution in [0.15, 0.2) is 36.4 Å². The second-order valence-corrected chi connectivity index (χ2v) is 5.77. The molecule has 1 heterocycles. The zero-order valence-corrected chi connectivity index (χ0v) is 12.3. The van der Waals surface area contributed by atoms with Gasteiger partial charge in [-0.1, -0.05) is 29.8 Å². The van der Waals surface area contributed by atoms with Gasteiger partial charge in [-0.2, -0.15) is 0 Å². The van der Waals surface area contributed by atoms with Gasteiger partial charge in [-0.05, 0) is 54.8 Å². The molecule has 0 fully saturated rings. The van der Waals surface area contributed by atoms with E-state index >= 15 is 0 Å². The molecule has 0 aromatic heterocycles. The molecule has 1 aliphatic rings. The lowest BCUT2D eigenvalue weighted by atomic mass is 9.97. The number of ether oxygens (including phenoxy) is 1. The van der Waals surface area contributed by atoms with E-state index in [0.29, 0.717) is 6.54 Å². The average molecular weight is 288 g/mol. The van der Waals surface area contributed by atoms with Gasteiger partial charge in [0.1, 0.15) is 11.9 Å². The third-order valence-electron chi connectivity index (χ3n) is 3.67. The molecular weight excluding hydrogens is 270 g/mol. The Morgan fingerprint density at radius 2 is 2.15 bits per heavy atom. The molecule has 1 aliphatic heterocycles. The first kappa shape index (κ1) is 13.5. The highest BCUT2D eigenvalue weighted by Crippen LogP contribution is 2.40. The number of aryl methyl sites for hydroxylation is 1. The van der Waals surface area contributed by atoms with Crippen molar-refractivity contribution in [3.05, 3.63) is 52.5 Å². The van der Waals surface area contributed by atoms with Crippen LogP contribution in [-0.4, -0.2) is 12.6 Å². The van der Waals surface area contributed by atoms with E-state index < -0.39 is 0 Å². The van der Waals surface area contributed by atoms with Gasteiger partial charge in [0.2, 0.25) is 0 Å². The molecule has 0 saturated heterocycles. The van der Waals surface area contributed by atoms with Crippen molar-refractivity contribution >= 4 is 11.6 Å². The maximum atomic E-state index is 6.11. The number of fused-ring (bicyclic) bond motifs is 1. The Morgan fingerprint density at radius 1 is 1.30 bits per heavy atom. The van der Waals surface area contributed by atoms with Crippen LogP contribution in [0, 0.1) is 6.92 Å². The van der Waals surface area contributed by atoms with Gasteiger partial charge in [-0.15, -0.1) is 0 Å². The maximum absolute atomic E-state index is 6.11. The Bertz CT molecular complexity index is 639. The number of hydrogen-bond acceptors (Lipinski definition) is 2. The third-order valence-corrected chi connectivity index (χ3v) is 3.90. The third kappa shape index (κ3) is 2.54. The van der Waals surface area contributed by atoms with Gasteiger partial charge in [-0.25, -0.2) is 0 Å². The summed E-state index contributed by atoms with van der Waals surface area (Å²) in [5.74, 6) is 0.997. The second-order valence-electron chi connectivity index (χ2n) is 5.33. The van der Waals surface area contributed by atoms with Crippen LogP contribution in [0.2, 0.25) is 5.02 Å². The molecule has 0 radical (unpaired) electrons. The summed E-state index contributed by atoms with van der Waals surface area (Å²) in [6.07, 6.45) is 2.04. The van der Waals surface area contributed by atoms with E-state index in [1.54, 1.807) is 0 Å². The molecule has 2 nitrogen and oxygen atoms in total. The summed E-state index contributed by atoms with van der Waals surface area (Å²) in [4.78, 5) is 0. The first-order chi connectivity index (χ1) is 9.67. The molecule has 3 rings (SSSR count). The van der Waals surface area contributed by atoms with Gasteiger partial charge in [0, 0.05) is 17.0 Å². The number of hydrogen-bond donors (Lipinski definition) is 1. The molecule has 0 spiro atoms. The lowest BCUT2D eigenvalue weighted by Gasteiger charge is -2.12. The van der Waals surface area contributed by atoms with E-state index in [-0.39, 0.29) is 6.10 Å². The van der Waals surface area contributed by atoms with Crippen molar-refractivity contribution in [3.63, 3.8) is 0 Å². The average Bonchev–Trinajstić information content (AvgIpc) is 2.80. The van der Waals surface area contributed by atoms with Crippen LogP contribution in [-0.2, 0) is 6.42 Å². The van der Waals surface area contributed by atoms with Crippen molar-refractivity contribution in [3.8, 4) is 16.9 Å². The highest BCUT2D eigenvalue weighted by molar-refractivity contribution is 6.30. The SMILES string of the molecule is Cc1cc2c(c(-c3cccc(Cl)c3)c1)OC(CCN)C2. The van der Waals surface area contributed by atoms with Gasteiger partial charge in [0.15, 0.2) is 0 Å². The van der Waals surface area contributed by atoms with Gasteiger partial charge in [0.05, 0.1) is 0 Å². The Labute approximate surface area is 124 Å². The molecule has 2 aromatic rings. The summed E-state index contributed by atoms with van der Waals surface area (Å²) < 4.78 is 6.10. The quantitative estimate of drug-likeness (QED) is 0.927. The first-order valence-electron chi connectivity index (χ1n) is 6.93. The number of nitrogens with two attached hydrogens (primary N) is 1. The van der Waals surface area contributed by atoms with Crippen LogP contribution >= 0.6 is 11.6 Å². The molecule has 2 N–H and O–H groups in total. The monoisotopic (exact) mass is 287 g/mol. The maximum Gasteiger partial charge on any atom is 0.130 e. The van der Waals surface area contributed by atoms with E-state index in [9.17, 15) is 0 Å². The highest BCUT2D eigenvalue weighted by Gasteiger charge is 2.25. The van der Waals surface area contributed by atoms with Crippen LogP contribution in [0.5, 0.6) is 5.75 Å². The van der Waals surface area contributed by atoms with E-state index in [0.717, 1.165) is 34.7 Å². The lowest BCUT2D eigenvalue weighted by molar-refractivity contribution is 0.225. The van der Waals surface area contributed by atoms with Crippen molar-refractivity contribution < 1.29 is 4.74 Å².